The van der Waals surface area contributed by atoms with Crippen LogP contribution in [-0.4, -0.2) is 17.0 Å². The highest BCUT2D eigenvalue weighted by molar-refractivity contribution is 5.85. The minimum Gasteiger partial charge on any atom is -0.489 e. The molecule has 0 aliphatic carbocycles. The normalized spacial score (nSPS) is 10.8. The van der Waals surface area contributed by atoms with E-state index in [4.69, 9.17) is 4.74 Å². The average Bonchev–Trinajstić information content (AvgIpc) is 2.96. The van der Waals surface area contributed by atoms with Crippen LogP contribution in [0.15, 0.2) is 54.7 Å². The number of carbonyl (C=O) groups is 1. The number of fused-ring (bicyclic) bond motifs is 1. The second-order valence-corrected chi connectivity index (χ2v) is 6.17. The van der Waals surface area contributed by atoms with Crippen LogP contribution < -0.4 is 10.1 Å². The van der Waals surface area contributed by atoms with Crippen molar-refractivity contribution in [1.82, 2.24) is 9.88 Å². The van der Waals surface area contributed by atoms with Crippen LogP contribution in [0.25, 0.3) is 10.9 Å². The molecular formula is C21H24N2O2. The molecule has 0 bridgehead atoms. The summed E-state index contributed by atoms with van der Waals surface area (Å²) < 4.78 is 8.06. The molecule has 0 saturated heterocycles. The number of nitrogens with one attached hydrogen (secondary N) is 1. The summed E-state index contributed by atoms with van der Waals surface area (Å²) in [6.07, 6.45) is 3.46. The van der Waals surface area contributed by atoms with E-state index in [0.29, 0.717) is 19.6 Å². The number of hydrogen-bond acceptors (Lipinski definition) is 2. The van der Waals surface area contributed by atoms with Gasteiger partial charge in [-0.1, -0.05) is 37.3 Å². The Labute approximate surface area is 148 Å². The Hall–Kier alpha value is -2.75. The Bertz CT molecular complexity index is 853. The van der Waals surface area contributed by atoms with Crippen LogP contribution in [0.2, 0.25) is 0 Å². The van der Waals surface area contributed by atoms with E-state index in [1.54, 1.807) is 0 Å². The van der Waals surface area contributed by atoms with Gasteiger partial charge in [-0.15, -0.1) is 0 Å². The third-order valence-electron chi connectivity index (χ3n) is 4.33. The Kier molecular flexibility index (Phi) is 5.39. The number of ether oxygens (including phenoxy) is 1. The van der Waals surface area contributed by atoms with Crippen molar-refractivity contribution in [2.75, 3.05) is 6.54 Å². The van der Waals surface area contributed by atoms with Crippen LogP contribution >= 0.6 is 0 Å². The van der Waals surface area contributed by atoms with Gasteiger partial charge >= 0.3 is 0 Å². The van der Waals surface area contributed by atoms with Crippen molar-refractivity contribution in [3.8, 4) is 5.75 Å². The zero-order valence-electron chi connectivity index (χ0n) is 14.8. The number of aryl methyl sites for hydroxylation is 1. The number of benzene rings is 2. The summed E-state index contributed by atoms with van der Waals surface area (Å²) in [6.45, 7) is 3.07. The first-order valence-electron chi connectivity index (χ1n) is 8.68. The van der Waals surface area contributed by atoms with E-state index in [1.165, 1.54) is 16.5 Å². The number of nitrogens with zero attached hydrogens (tertiary/aromatic N) is 1. The first-order chi connectivity index (χ1) is 12.2. The molecule has 0 spiro atoms. The number of amides is 1. The summed E-state index contributed by atoms with van der Waals surface area (Å²) >= 11 is 0. The Morgan fingerprint density at radius 3 is 2.72 bits per heavy atom. The SMILES string of the molecule is CCC(=O)NCCc1cn(C)c2ccc(OCc3ccccc3)cc12. The standard InChI is InChI=1S/C21H24N2O2/c1-3-21(24)22-12-11-17-14-23(2)20-10-9-18(13-19(17)20)25-15-16-7-5-4-6-8-16/h4-10,13-14H,3,11-12,15H2,1-2H3,(H,22,24). The topological polar surface area (TPSA) is 43.3 Å². The number of carbonyl (C=O) groups excluding carboxylic acids is 1. The van der Waals surface area contributed by atoms with Crippen molar-refractivity contribution in [3.05, 3.63) is 65.9 Å². The molecule has 1 heterocycles. The van der Waals surface area contributed by atoms with E-state index >= 15 is 0 Å². The molecule has 0 fully saturated rings. The quantitative estimate of drug-likeness (QED) is 0.713. The summed E-state index contributed by atoms with van der Waals surface area (Å²) in [5.41, 5.74) is 3.54. The van der Waals surface area contributed by atoms with Gasteiger partial charge in [0.1, 0.15) is 12.4 Å². The Morgan fingerprint density at radius 2 is 1.96 bits per heavy atom. The Morgan fingerprint density at radius 1 is 1.16 bits per heavy atom. The minimum absolute atomic E-state index is 0.0899. The van der Waals surface area contributed by atoms with Gasteiger partial charge in [0, 0.05) is 37.1 Å². The maximum Gasteiger partial charge on any atom is 0.219 e. The van der Waals surface area contributed by atoms with Gasteiger partial charge < -0.3 is 14.6 Å². The molecule has 0 radical (unpaired) electrons. The molecule has 0 unspecified atom stereocenters. The van der Waals surface area contributed by atoms with Crippen LogP contribution in [0.3, 0.4) is 0 Å². The first kappa shape index (κ1) is 17.1. The summed E-state index contributed by atoms with van der Waals surface area (Å²) in [7, 11) is 2.04. The van der Waals surface area contributed by atoms with Crippen molar-refractivity contribution < 1.29 is 9.53 Å². The molecule has 0 aliphatic heterocycles. The van der Waals surface area contributed by atoms with Gasteiger partial charge in [-0.3, -0.25) is 4.79 Å². The summed E-state index contributed by atoms with van der Waals surface area (Å²) in [4.78, 5) is 11.4. The van der Waals surface area contributed by atoms with E-state index in [0.717, 1.165) is 17.7 Å². The molecule has 130 valence electrons. The fraction of sp³-hybridized carbons (Fsp3) is 0.286. The van der Waals surface area contributed by atoms with Gasteiger partial charge in [0.2, 0.25) is 5.91 Å². The van der Waals surface area contributed by atoms with Gasteiger partial charge in [-0.05, 0) is 35.7 Å². The van der Waals surface area contributed by atoms with E-state index < -0.39 is 0 Å². The molecular weight excluding hydrogens is 312 g/mol. The molecule has 3 aromatic rings. The second-order valence-electron chi connectivity index (χ2n) is 6.17. The first-order valence-corrected chi connectivity index (χ1v) is 8.68. The fourth-order valence-electron chi connectivity index (χ4n) is 2.94. The molecule has 25 heavy (non-hydrogen) atoms. The summed E-state index contributed by atoms with van der Waals surface area (Å²) in [5, 5.41) is 4.12. The van der Waals surface area contributed by atoms with Crippen molar-refractivity contribution in [3.63, 3.8) is 0 Å². The van der Waals surface area contributed by atoms with Crippen LogP contribution in [0.1, 0.15) is 24.5 Å². The van der Waals surface area contributed by atoms with Crippen molar-refractivity contribution in [2.24, 2.45) is 7.05 Å². The molecule has 1 N–H and O–H groups in total. The number of rotatable bonds is 7. The third-order valence-corrected chi connectivity index (χ3v) is 4.33. The molecule has 4 nitrogen and oxygen atoms in total. The third kappa shape index (κ3) is 4.21. The second kappa shape index (κ2) is 7.88. The average molecular weight is 336 g/mol. The van der Waals surface area contributed by atoms with Gasteiger partial charge in [0.25, 0.3) is 0 Å². The number of hydrogen-bond donors (Lipinski definition) is 1. The lowest BCUT2D eigenvalue weighted by Crippen LogP contribution is -2.24. The molecule has 4 heteroatoms. The number of aromatic nitrogens is 1. The molecule has 0 aliphatic rings. The van der Waals surface area contributed by atoms with E-state index in [9.17, 15) is 4.79 Å². The minimum atomic E-state index is 0.0899. The van der Waals surface area contributed by atoms with Gasteiger partial charge in [-0.25, -0.2) is 0 Å². The smallest absolute Gasteiger partial charge is 0.219 e. The molecule has 0 saturated carbocycles. The van der Waals surface area contributed by atoms with E-state index in [2.05, 4.69) is 40.3 Å². The highest BCUT2D eigenvalue weighted by Gasteiger charge is 2.09. The van der Waals surface area contributed by atoms with Crippen LogP contribution in [0, 0.1) is 0 Å². The van der Waals surface area contributed by atoms with Crippen LogP contribution in [-0.2, 0) is 24.9 Å². The molecule has 1 amide bonds. The highest BCUT2D eigenvalue weighted by Crippen LogP contribution is 2.26. The fourth-order valence-corrected chi connectivity index (χ4v) is 2.94. The monoisotopic (exact) mass is 336 g/mol. The van der Waals surface area contributed by atoms with Gasteiger partial charge in [0.05, 0.1) is 0 Å². The predicted molar refractivity (Wildman–Crippen MR) is 101 cm³/mol. The van der Waals surface area contributed by atoms with Gasteiger partial charge in [-0.2, -0.15) is 0 Å². The maximum atomic E-state index is 11.4. The van der Waals surface area contributed by atoms with Crippen molar-refractivity contribution in [1.29, 1.82) is 0 Å². The predicted octanol–water partition coefficient (Wildman–Crippen LogP) is 3.83. The molecule has 3 rings (SSSR count). The highest BCUT2D eigenvalue weighted by atomic mass is 16.5. The van der Waals surface area contributed by atoms with E-state index in [-0.39, 0.29) is 5.91 Å². The molecule has 2 aromatic carbocycles. The molecule has 1 aromatic heterocycles. The maximum absolute atomic E-state index is 11.4. The van der Waals surface area contributed by atoms with Crippen LogP contribution in [0.4, 0.5) is 0 Å². The molecule has 0 atom stereocenters. The lowest BCUT2D eigenvalue weighted by atomic mass is 10.1. The lowest BCUT2D eigenvalue weighted by Gasteiger charge is -2.07. The zero-order valence-corrected chi connectivity index (χ0v) is 14.8. The zero-order chi connectivity index (χ0) is 17.6. The van der Waals surface area contributed by atoms with Crippen LogP contribution in [0.5, 0.6) is 5.75 Å². The summed E-state index contributed by atoms with van der Waals surface area (Å²) in [5.74, 6) is 0.952. The largest absolute Gasteiger partial charge is 0.489 e. The summed E-state index contributed by atoms with van der Waals surface area (Å²) in [6, 6.07) is 16.3. The van der Waals surface area contributed by atoms with Gasteiger partial charge in [0.15, 0.2) is 0 Å². The Balaban J connectivity index is 1.73. The van der Waals surface area contributed by atoms with E-state index in [1.807, 2.05) is 38.2 Å². The lowest BCUT2D eigenvalue weighted by molar-refractivity contribution is -0.120. The van der Waals surface area contributed by atoms with Crippen molar-refractivity contribution in [2.45, 2.75) is 26.4 Å². The van der Waals surface area contributed by atoms with Crippen molar-refractivity contribution >= 4 is 16.8 Å².